The first-order valence-corrected chi connectivity index (χ1v) is 9.86. The highest BCUT2D eigenvalue weighted by atomic mass is 16.7. The zero-order chi connectivity index (χ0) is 23.3. The summed E-state index contributed by atoms with van der Waals surface area (Å²) in [4.78, 5) is 27.2. The van der Waals surface area contributed by atoms with Crippen LogP contribution in [0.25, 0.3) is 0 Å². The Morgan fingerprint density at radius 3 is 2.53 bits per heavy atom. The Kier molecular flexibility index (Phi) is 6.89. The largest absolute Gasteiger partial charge is 0.485 e. The molecule has 1 heterocycles. The van der Waals surface area contributed by atoms with Crippen LogP contribution < -0.4 is 10.5 Å². The van der Waals surface area contributed by atoms with E-state index in [2.05, 4.69) is 19.0 Å². The van der Waals surface area contributed by atoms with E-state index in [0.717, 1.165) is 16.9 Å². The van der Waals surface area contributed by atoms with E-state index in [9.17, 15) is 14.9 Å². The van der Waals surface area contributed by atoms with Crippen molar-refractivity contribution in [2.75, 3.05) is 0 Å². The molecule has 0 amide bonds. The molecule has 32 heavy (non-hydrogen) atoms. The number of hydrogen-bond donors (Lipinski definition) is 1. The van der Waals surface area contributed by atoms with Crippen LogP contribution >= 0.6 is 0 Å². The van der Waals surface area contributed by atoms with Gasteiger partial charge in [-0.25, -0.2) is 4.79 Å². The van der Waals surface area contributed by atoms with Crippen molar-refractivity contribution in [3.63, 3.8) is 0 Å². The molecule has 9 nitrogen and oxygen atoms in total. The van der Waals surface area contributed by atoms with E-state index in [1.54, 1.807) is 6.07 Å². The van der Waals surface area contributed by atoms with Gasteiger partial charge in [0, 0.05) is 17.7 Å². The van der Waals surface area contributed by atoms with Crippen molar-refractivity contribution in [2.24, 2.45) is 10.9 Å². The van der Waals surface area contributed by atoms with Gasteiger partial charge >= 0.3 is 5.97 Å². The third-order valence-electron chi connectivity index (χ3n) is 4.62. The average molecular weight is 437 g/mol. The molecule has 0 aliphatic rings. The number of furan rings is 1. The highest BCUT2D eigenvalue weighted by Crippen LogP contribution is 2.28. The van der Waals surface area contributed by atoms with Gasteiger partial charge in [0.05, 0.1) is 4.92 Å². The molecule has 0 fully saturated rings. The lowest BCUT2D eigenvalue weighted by Gasteiger charge is -2.14. The number of nitrogens with zero attached hydrogens (tertiary/aromatic N) is 2. The van der Waals surface area contributed by atoms with Gasteiger partial charge in [0.15, 0.2) is 5.84 Å². The number of ether oxygens (including phenoxy) is 1. The van der Waals surface area contributed by atoms with E-state index in [1.807, 2.05) is 25.1 Å². The molecule has 9 heteroatoms. The Morgan fingerprint density at radius 1 is 1.16 bits per heavy atom. The van der Waals surface area contributed by atoms with Crippen molar-refractivity contribution < 1.29 is 23.7 Å². The van der Waals surface area contributed by atoms with Crippen molar-refractivity contribution >= 4 is 17.5 Å². The number of non-ortho nitro benzene ring substituents is 1. The fourth-order valence-corrected chi connectivity index (χ4v) is 2.90. The van der Waals surface area contributed by atoms with Gasteiger partial charge in [0.1, 0.15) is 18.1 Å². The van der Waals surface area contributed by atoms with E-state index < -0.39 is 10.9 Å². The topological polar surface area (TPSA) is 130 Å². The first-order chi connectivity index (χ1) is 15.2. The highest BCUT2D eigenvalue weighted by molar-refractivity contribution is 5.98. The molecule has 0 aliphatic heterocycles. The number of amidine groups is 1. The van der Waals surface area contributed by atoms with Gasteiger partial charge in [0.2, 0.25) is 5.76 Å². The van der Waals surface area contributed by atoms with Gasteiger partial charge < -0.3 is 19.7 Å². The summed E-state index contributed by atoms with van der Waals surface area (Å²) in [5.74, 6) is 0.508. The van der Waals surface area contributed by atoms with Crippen LogP contribution in [0.5, 0.6) is 5.75 Å². The van der Waals surface area contributed by atoms with Crippen LogP contribution in [0.4, 0.5) is 5.69 Å². The Hall–Kier alpha value is -4.14. The predicted octanol–water partition coefficient (Wildman–Crippen LogP) is 4.68. The molecule has 2 N–H and O–H groups in total. The number of carbonyl (C=O) groups is 1. The molecule has 166 valence electrons. The molecule has 1 aromatic heterocycles. The number of nitrogens with two attached hydrogens (primary N) is 1. The maximum Gasteiger partial charge on any atom is 0.400 e. The van der Waals surface area contributed by atoms with Gasteiger partial charge in [-0.15, -0.1) is 0 Å². The van der Waals surface area contributed by atoms with Crippen LogP contribution in [0.2, 0.25) is 0 Å². The quantitative estimate of drug-likeness (QED) is 0.178. The smallest absolute Gasteiger partial charge is 0.400 e. The highest BCUT2D eigenvalue weighted by Gasteiger charge is 2.15. The van der Waals surface area contributed by atoms with Crippen molar-refractivity contribution in [3.8, 4) is 5.75 Å². The fraction of sp³-hybridized carbons (Fsp3) is 0.217. The van der Waals surface area contributed by atoms with Crippen LogP contribution in [0.3, 0.4) is 0 Å². The number of carbonyl (C=O) groups excluding carboxylic acids is 1. The molecule has 3 aromatic rings. The lowest BCUT2D eigenvalue weighted by Crippen LogP contribution is -2.15. The molecule has 2 aromatic carbocycles. The minimum absolute atomic E-state index is 0.0582. The summed E-state index contributed by atoms with van der Waals surface area (Å²) in [7, 11) is 0. The van der Waals surface area contributed by atoms with Gasteiger partial charge in [-0.3, -0.25) is 10.1 Å². The van der Waals surface area contributed by atoms with E-state index in [1.165, 1.54) is 30.3 Å². The van der Waals surface area contributed by atoms with E-state index in [-0.39, 0.29) is 23.9 Å². The van der Waals surface area contributed by atoms with Gasteiger partial charge in [-0.05, 0) is 54.3 Å². The molecule has 3 rings (SSSR count). The normalized spacial score (nSPS) is 11.4. The van der Waals surface area contributed by atoms with E-state index >= 15 is 0 Å². The zero-order valence-electron chi connectivity index (χ0n) is 17.9. The van der Waals surface area contributed by atoms with Crippen LogP contribution in [0.15, 0.2) is 64.2 Å². The minimum Gasteiger partial charge on any atom is -0.485 e. The van der Waals surface area contributed by atoms with Crippen molar-refractivity contribution in [1.82, 2.24) is 0 Å². The summed E-state index contributed by atoms with van der Waals surface area (Å²) in [6, 6.07) is 14.5. The van der Waals surface area contributed by atoms with Crippen LogP contribution in [-0.2, 0) is 11.4 Å². The maximum atomic E-state index is 12.2. The third kappa shape index (κ3) is 5.51. The summed E-state index contributed by atoms with van der Waals surface area (Å²) >= 11 is 0. The SMILES string of the molecule is Cc1ccc(C(C)C)c(OCc2ccc(C(=O)O/N=C(\N)c3ccc([N+](=O)[O-])cc3)o2)c1. The minimum atomic E-state index is -0.834. The van der Waals surface area contributed by atoms with Gasteiger partial charge in [-0.1, -0.05) is 31.1 Å². The molecular formula is C23H23N3O6. The monoisotopic (exact) mass is 437 g/mol. The number of oxime groups is 1. The number of hydrogen-bond acceptors (Lipinski definition) is 7. The standard InChI is InChI=1S/C23H23N3O6/c1-14(2)19-10-4-15(3)12-21(19)30-13-18-9-11-20(31-18)23(27)32-25-22(24)16-5-7-17(8-6-16)26(28)29/h4-12,14H,13H2,1-3H3,(H2,24,25). The van der Waals surface area contributed by atoms with Crippen LogP contribution in [0, 0.1) is 17.0 Å². The summed E-state index contributed by atoms with van der Waals surface area (Å²) in [5.41, 5.74) is 8.21. The molecule has 0 saturated carbocycles. The summed E-state index contributed by atoms with van der Waals surface area (Å²) in [5, 5.41) is 14.3. The Morgan fingerprint density at radius 2 is 1.88 bits per heavy atom. The second-order valence-corrected chi connectivity index (χ2v) is 7.41. The number of nitro groups is 1. The summed E-state index contributed by atoms with van der Waals surface area (Å²) < 4.78 is 11.4. The second-order valence-electron chi connectivity index (χ2n) is 7.41. The Bertz CT molecular complexity index is 1150. The third-order valence-corrected chi connectivity index (χ3v) is 4.62. The zero-order valence-corrected chi connectivity index (χ0v) is 17.9. The molecule has 0 aliphatic carbocycles. The first kappa shape index (κ1) is 22.5. The number of rotatable bonds is 8. The molecule has 0 spiro atoms. The Balaban J connectivity index is 1.61. The lowest BCUT2D eigenvalue weighted by atomic mass is 10.0. The van der Waals surface area contributed by atoms with Crippen molar-refractivity contribution in [1.29, 1.82) is 0 Å². The molecule has 0 radical (unpaired) electrons. The number of aryl methyl sites for hydroxylation is 1. The van der Waals surface area contributed by atoms with Crippen molar-refractivity contribution in [3.05, 3.63) is 92.9 Å². The van der Waals surface area contributed by atoms with E-state index in [4.69, 9.17) is 19.7 Å². The summed E-state index contributed by atoms with van der Waals surface area (Å²) in [6.45, 7) is 6.30. The second kappa shape index (κ2) is 9.78. The first-order valence-electron chi connectivity index (χ1n) is 9.86. The van der Waals surface area contributed by atoms with E-state index in [0.29, 0.717) is 17.2 Å². The fourth-order valence-electron chi connectivity index (χ4n) is 2.90. The average Bonchev–Trinajstić information content (AvgIpc) is 3.25. The predicted molar refractivity (Wildman–Crippen MR) is 118 cm³/mol. The van der Waals surface area contributed by atoms with Gasteiger partial charge in [0.25, 0.3) is 5.69 Å². The molecule has 0 atom stereocenters. The molecular weight excluding hydrogens is 414 g/mol. The molecule has 0 saturated heterocycles. The van der Waals surface area contributed by atoms with Crippen molar-refractivity contribution in [2.45, 2.75) is 33.3 Å². The van der Waals surface area contributed by atoms with Crippen LogP contribution in [-0.4, -0.2) is 16.7 Å². The van der Waals surface area contributed by atoms with Gasteiger partial charge in [-0.2, -0.15) is 0 Å². The lowest BCUT2D eigenvalue weighted by molar-refractivity contribution is -0.384. The Labute approximate surface area is 184 Å². The maximum absolute atomic E-state index is 12.2. The van der Waals surface area contributed by atoms with Crippen LogP contribution in [0.1, 0.15) is 52.8 Å². The molecule has 0 unspecified atom stereocenters. The summed E-state index contributed by atoms with van der Waals surface area (Å²) in [6.07, 6.45) is 0. The molecule has 0 bridgehead atoms. The number of nitro benzene ring substituents is 1. The number of benzene rings is 2.